The van der Waals surface area contributed by atoms with Crippen molar-refractivity contribution in [2.45, 2.75) is 17.4 Å². The highest BCUT2D eigenvalue weighted by atomic mass is 32.2. The Kier molecular flexibility index (Phi) is 4.69. The lowest BCUT2D eigenvalue weighted by Gasteiger charge is -2.23. The third kappa shape index (κ3) is 3.21. The van der Waals surface area contributed by atoms with Crippen LogP contribution in [0.1, 0.15) is 6.42 Å². The van der Waals surface area contributed by atoms with Gasteiger partial charge in [-0.25, -0.2) is 16.8 Å². The molecule has 0 spiro atoms. The highest BCUT2D eigenvalue weighted by molar-refractivity contribution is 7.92. The molecule has 1 heterocycles. The molecule has 0 aromatic heterocycles. The molecule has 0 N–H and O–H groups in total. The molecular formula is C13H19NO6S2. The zero-order chi connectivity index (χ0) is 16.5. The van der Waals surface area contributed by atoms with Gasteiger partial charge in [0.25, 0.3) is 0 Å². The molecule has 9 heteroatoms. The van der Waals surface area contributed by atoms with E-state index in [1.165, 1.54) is 39.5 Å². The van der Waals surface area contributed by atoms with E-state index in [4.69, 9.17) is 9.47 Å². The summed E-state index contributed by atoms with van der Waals surface area (Å²) in [5.41, 5.74) is 0. The Morgan fingerprint density at radius 1 is 1.18 bits per heavy atom. The van der Waals surface area contributed by atoms with Gasteiger partial charge in [-0.2, -0.15) is 4.31 Å². The van der Waals surface area contributed by atoms with Gasteiger partial charge >= 0.3 is 0 Å². The summed E-state index contributed by atoms with van der Waals surface area (Å²) in [4.78, 5) is 0.0388. The number of nitrogens with zero attached hydrogens (tertiary/aromatic N) is 1. The molecule has 1 saturated heterocycles. The second-order valence-electron chi connectivity index (χ2n) is 5.09. The van der Waals surface area contributed by atoms with Crippen LogP contribution in [-0.2, 0) is 19.9 Å². The lowest BCUT2D eigenvalue weighted by Crippen LogP contribution is -2.37. The number of rotatable bonds is 5. The maximum Gasteiger partial charge on any atom is 0.243 e. The van der Waals surface area contributed by atoms with Crippen molar-refractivity contribution >= 4 is 19.9 Å². The summed E-state index contributed by atoms with van der Waals surface area (Å²) in [6.45, 7) is 0. The fourth-order valence-electron chi connectivity index (χ4n) is 2.40. The van der Waals surface area contributed by atoms with Gasteiger partial charge in [-0.3, -0.25) is 0 Å². The van der Waals surface area contributed by atoms with Crippen molar-refractivity contribution < 1.29 is 26.3 Å². The lowest BCUT2D eigenvalue weighted by atomic mass is 10.3. The predicted octanol–water partition coefficient (Wildman–Crippen LogP) is 0.511. The number of hydrogen-bond acceptors (Lipinski definition) is 6. The molecule has 7 nitrogen and oxygen atoms in total. The fraction of sp³-hybridized carbons (Fsp3) is 0.538. The molecule has 0 aliphatic carbocycles. The maximum atomic E-state index is 12.6. The summed E-state index contributed by atoms with van der Waals surface area (Å²) in [6, 6.07) is 3.75. The smallest absolute Gasteiger partial charge is 0.243 e. The second-order valence-corrected chi connectivity index (χ2v) is 9.32. The SMILES string of the molecule is COc1ccc(S(=O)(=O)N(C)C2CCS(=O)(=O)C2)cc1OC. The monoisotopic (exact) mass is 349 g/mol. The molecule has 2 rings (SSSR count). The standard InChI is InChI=1S/C13H19NO6S2/c1-14(10-6-7-21(15,16)9-10)22(17,18)11-4-5-12(19-2)13(8-11)20-3/h4-5,8,10H,6-7,9H2,1-3H3. The van der Waals surface area contributed by atoms with Gasteiger partial charge in [-0.05, 0) is 18.6 Å². The molecule has 1 aromatic carbocycles. The quantitative estimate of drug-likeness (QED) is 0.769. The van der Waals surface area contributed by atoms with Gasteiger partial charge in [0.1, 0.15) is 0 Å². The van der Waals surface area contributed by atoms with E-state index < -0.39 is 25.9 Å². The Labute approximate surface area is 130 Å². The average Bonchev–Trinajstić information content (AvgIpc) is 2.85. The van der Waals surface area contributed by atoms with E-state index in [-0.39, 0.29) is 16.4 Å². The number of hydrogen-bond donors (Lipinski definition) is 0. The van der Waals surface area contributed by atoms with Crippen molar-refractivity contribution in [2.24, 2.45) is 0 Å². The third-order valence-corrected chi connectivity index (χ3v) is 7.41. The molecule has 1 aliphatic heterocycles. The second kappa shape index (κ2) is 6.05. The van der Waals surface area contributed by atoms with Crippen molar-refractivity contribution in [1.29, 1.82) is 0 Å². The van der Waals surface area contributed by atoms with E-state index in [1.54, 1.807) is 0 Å². The van der Waals surface area contributed by atoms with Crippen LogP contribution in [0.5, 0.6) is 11.5 Å². The Bertz CT molecular complexity index is 757. The molecule has 0 radical (unpaired) electrons. The highest BCUT2D eigenvalue weighted by Gasteiger charge is 2.36. The van der Waals surface area contributed by atoms with E-state index in [0.29, 0.717) is 17.9 Å². The van der Waals surface area contributed by atoms with Crippen molar-refractivity contribution in [3.05, 3.63) is 18.2 Å². The summed E-state index contributed by atoms with van der Waals surface area (Å²) in [7, 11) is -2.68. The van der Waals surface area contributed by atoms with E-state index >= 15 is 0 Å². The van der Waals surface area contributed by atoms with E-state index in [9.17, 15) is 16.8 Å². The summed E-state index contributed by atoms with van der Waals surface area (Å²) < 4.78 is 59.6. The average molecular weight is 349 g/mol. The van der Waals surface area contributed by atoms with Gasteiger partial charge in [0.05, 0.1) is 30.6 Å². The fourth-order valence-corrected chi connectivity index (χ4v) is 5.67. The molecule has 1 aromatic rings. The Morgan fingerprint density at radius 2 is 1.82 bits per heavy atom. The van der Waals surface area contributed by atoms with Crippen LogP contribution in [0.3, 0.4) is 0 Å². The van der Waals surface area contributed by atoms with Crippen LogP contribution < -0.4 is 9.47 Å². The predicted molar refractivity (Wildman–Crippen MR) is 81.6 cm³/mol. The molecule has 1 aliphatic rings. The van der Waals surface area contributed by atoms with Crippen LogP contribution in [0.15, 0.2) is 23.1 Å². The number of sulfone groups is 1. The van der Waals surface area contributed by atoms with Crippen molar-refractivity contribution in [1.82, 2.24) is 4.31 Å². The van der Waals surface area contributed by atoms with Gasteiger partial charge in [0.15, 0.2) is 21.3 Å². The molecule has 22 heavy (non-hydrogen) atoms. The van der Waals surface area contributed by atoms with Crippen molar-refractivity contribution in [3.63, 3.8) is 0 Å². The van der Waals surface area contributed by atoms with Crippen LogP contribution in [0.2, 0.25) is 0 Å². The molecule has 0 amide bonds. The summed E-state index contributed by atoms with van der Waals surface area (Å²) >= 11 is 0. The van der Waals surface area contributed by atoms with Gasteiger partial charge in [-0.1, -0.05) is 0 Å². The Hall–Kier alpha value is -1.32. The molecule has 1 unspecified atom stereocenters. The van der Waals surface area contributed by atoms with Crippen LogP contribution in [0, 0.1) is 0 Å². The molecular weight excluding hydrogens is 330 g/mol. The van der Waals surface area contributed by atoms with Crippen LogP contribution in [0.25, 0.3) is 0 Å². The van der Waals surface area contributed by atoms with E-state index in [0.717, 1.165) is 4.31 Å². The first-order valence-corrected chi connectivity index (χ1v) is 9.88. The van der Waals surface area contributed by atoms with Crippen LogP contribution >= 0.6 is 0 Å². The maximum absolute atomic E-state index is 12.6. The summed E-state index contributed by atoms with van der Waals surface area (Å²) in [5.74, 6) is 0.600. The minimum atomic E-state index is -3.80. The number of ether oxygens (including phenoxy) is 2. The molecule has 0 saturated carbocycles. The first kappa shape index (κ1) is 17.0. The zero-order valence-corrected chi connectivity index (χ0v) is 14.3. The summed E-state index contributed by atoms with van der Waals surface area (Å²) in [6.07, 6.45) is 0.311. The lowest BCUT2D eigenvalue weighted by molar-refractivity contribution is 0.353. The largest absolute Gasteiger partial charge is 0.493 e. The molecule has 124 valence electrons. The highest BCUT2D eigenvalue weighted by Crippen LogP contribution is 2.31. The molecule has 1 fully saturated rings. The number of benzene rings is 1. The third-order valence-electron chi connectivity index (χ3n) is 3.75. The Morgan fingerprint density at radius 3 is 2.32 bits per heavy atom. The normalized spacial score (nSPS) is 21.0. The van der Waals surface area contributed by atoms with Gasteiger partial charge in [0.2, 0.25) is 10.0 Å². The first-order chi connectivity index (χ1) is 10.2. The first-order valence-electron chi connectivity index (χ1n) is 6.62. The number of methoxy groups -OCH3 is 2. The minimum absolute atomic E-state index is 0.0173. The van der Waals surface area contributed by atoms with Crippen LogP contribution in [0.4, 0.5) is 0 Å². The molecule has 0 bridgehead atoms. The Balaban J connectivity index is 2.34. The van der Waals surface area contributed by atoms with Gasteiger partial charge < -0.3 is 9.47 Å². The zero-order valence-electron chi connectivity index (χ0n) is 12.6. The van der Waals surface area contributed by atoms with Crippen molar-refractivity contribution in [3.8, 4) is 11.5 Å². The van der Waals surface area contributed by atoms with Gasteiger partial charge in [0, 0.05) is 19.2 Å². The topological polar surface area (TPSA) is 90.0 Å². The summed E-state index contributed by atoms with van der Waals surface area (Å²) in [5, 5.41) is 0. The van der Waals surface area contributed by atoms with E-state index in [1.807, 2.05) is 0 Å². The molecule has 1 atom stereocenters. The van der Waals surface area contributed by atoms with E-state index in [2.05, 4.69) is 0 Å². The van der Waals surface area contributed by atoms with Gasteiger partial charge in [-0.15, -0.1) is 0 Å². The number of sulfonamides is 1. The minimum Gasteiger partial charge on any atom is -0.493 e. The van der Waals surface area contributed by atoms with Crippen molar-refractivity contribution in [2.75, 3.05) is 32.8 Å². The van der Waals surface area contributed by atoms with Crippen LogP contribution in [-0.4, -0.2) is 60.0 Å².